The van der Waals surface area contributed by atoms with E-state index in [1.54, 1.807) is 0 Å². The van der Waals surface area contributed by atoms with E-state index in [0.29, 0.717) is 0 Å². The first-order valence-corrected chi connectivity index (χ1v) is 7.80. The Balaban J connectivity index is 1.90. The van der Waals surface area contributed by atoms with Gasteiger partial charge in [0.25, 0.3) is 0 Å². The van der Waals surface area contributed by atoms with E-state index in [2.05, 4.69) is 47.9 Å². The first kappa shape index (κ1) is 15.4. The van der Waals surface area contributed by atoms with Crippen molar-refractivity contribution in [2.75, 3.05) is 0 Å². The van der Waals surface area contributed by atoms with Crippen molar-refractivity contribution in [1.82, 2.24) is 0 Å². The van der Waals surface area contributed by atoms with Crippen LogP contribution in [0.5, 0.6) is 0 Å². The quantitative estimate of drug-likeness (QED) is 0.584. The van der Waals surface area contributed by atoms with Gasteiger partial charge in [-0.05, 0) is 47.5 Å². The van der Waals surface area contributed by atoms with Gasteiger partial charge in [0.15, 0.2) is 0 Å². The molecule has 112 valence electrons. The summed E-state index contributed by atoms with van der Waals surface area (Å²) in [6.45, 7) is 0. The first-order chi connectivity index (χ1) is 11.9. The third kappa shape index (κ3) is 4.77. The maximum absolute atomic E-state index is 3.13. The van der Waals surface area contributed by atoms with Crippen LogP contribution in [0, 0.1) is 23.7 Å². The number of benzene rings is 2. The molecule has 24 heavy (non-hydrogen) atoms. The lowest BCUT2D eigenvalue weighted by Crippen LogP contribution is -1.76. The zero-order chi connectivity index (χ0) is 16.5. The fourth-order valence-corrected chi connectivity index (χ4v) is 2.15. The van der Waals surface area contributed by atoms with Crippen molar-refractivity contribution >= 4 is 12.2 Å². The predicted molar refractivity (Wildman–Crippen MR) is 103 cm³/mol. The maximum Gasteiger partial charge on any atom is 0.0249 e. The SMILES string of the molecule is C1#Cc2ccc(cc2)/C=C\C=C/C#Cc2ccc(cc2)/C=C\C=C/1. The minimum absolute atomic E-state index is 1.01. The molecule has 4 bridgehead atoms. The topological polar surface area (TPSA) is 0 Å². The Morgan fingerprint density at radius 2 is 0.875 bits per heavy atom. The molecule has 4 aliphatic carbocycles. The van der Waals surface area contributed by atoms with Crippen molar-refractivity contribution in [2.24, 2.45) is 0 Å². The van der Waals surface area contributed by atoms with Crippen LogP contribution in [0.1, 0.15) is 22.3 Å². The highest BCUT2D eigenvalue weighted by molar-refractivity contribution is 5.55. The molecule has 4 aliphatic rings. The van der Waals surface area contributed by atoms with Crippen molar-refractivity contribution in [3.05, 3.63) is 107 Å². The molecule has 0 saturated carbocycles. The Labute approximate surface area is 143 Å². The smallest absolute Gasteiger partial charge is 0.0249 e. The third-order valence-corrected chi connectivity index (χ3v) is 3.41. The third-order valence-electron chi connectivity index (χ3n) is 3.41. The monoisotopic (exact) mass is 304 g/mol. The number of allylic oxidation sites excluding steroid dienone is 6. The van der Waals surface area contributed by atoms with Crippen LogP contribution in [-0.2, 0) is 0 Å². The van der Waals surface area contributed by atoms with Crippen LogP contribution < -0.4 is 0 Å². The van der Waals surface area contributed by atoms with Gasteiger partial charge in [-0.1, -0.05) is 84.4 Å². The molecule has 2 aromatic rings. The summed E-state index contributed by atoms with van der Waals surface area (Å²) < 4.78 is 0. The molecule has 0 radical (unpaired) electrons. The molecule has 0 aliphatic heterocycles. The normalized spacial score (nSPS) is 17.7. The summed E-state index contributed by atoms with van der Waals surface area (Å²) in [5.41, 5.74) is 4.29. The average molecular weight is 304 g/mol. The first-order valence-electron chi connectivity index (χ1n) is 7.80. The van der Waals surface area contributed by atoms with Crippen molar-refractivity contribution in [3.63, 3.8) is 0 Å². The van der Waals surface area contributed by atoms with Gasteiger partial charge in [-0.3, -0.25) is 0 Å². The molecule has 2 aromatic carbocycles. The highest BCUT2D eigenvalue weighted by atomic mass is 13.9. The molecule has 0 heterocycles. The van der Waals surface area contributed by atoms with Gasteiger partial charge in [-0.15, -0.1) is 0 Å². The van der Waals surface area contributed by atoms with Crippen molar-refractivity contribution in [3.8, 4) is 23.7 Å². The minimum Gasteiger partial charge on any atom is -0.0696 e. The van der Waals surface area contributed by atoms with Gasteiger partial charge in [-0.2, -0.15) is 0 Å². The van der Waals surface area contributed by atoms with Crippen LogP contribution in [0.3, 0.4) is 0 Å². The molecule has 0 heteroatoms. The van der Waals surface area contributed by atoms with Gasteiger partial charge in [-0.25, -0.2) is 0 Å². The van der Waals surface area contributed by atoms with E-state index < -0.39 is 0 Å². The second kappa shape index (κ2) is 8.23. The van der Waals surface area contributed by atoms with Crippen LogP contribution in [0.2, 0.25) is 0 Å². The molecular formula is C24H16. The zero-order valence-electron chi connectivity index (χ0n) is 13.2. The summed E-state index contributed by atoms with van der Waals surface area (Å²) in [7, 11) is 0. The van der Waals surface area contributed by atoms with Gasteiger partial charge in [0.05, 0.1) is 0 Å². The van der Waals surface area contributed by atoms with E-state index >= 15 is 0 Å². The Morgan fingerprint density at radius 3 is 1.29 bits per heavy atom. The molecule has 0 unspecified atom stereocenters. The molecular weight excluding hydrogens is 288 g/mol. The summed E-state index contributed by atoms with van der Waals surface area (Å²) in [6.07, 6.45) is 15.7. The average Bonchev–Trinajstić information content (AvgIpc) is 2.62. The molecule has 6 rings (SSSR count). The number of hydrogen-bond acceptors (Lipinski definition) is 0. The summed E-state index contributed by atoms with van der Waals surface area (Å²) in [4.78, 5) is 0. The lowest BCUT2D eigenvalue weighted by molar-refractivity contribution is 1.61. The Morgan fingerprint density at radius 1 is 0.458 bits per heavy atom. The lowest BCUT2D eigenvalue weighted by Gasteiger charge is -1.93. The number of rotatable bonds is 0. The lowest BCUT2D eigenvalue weighted by atomic mass is 10.1. The predicted octanol–water partition coefficient (Wildman–Crippen LogP) is 5.24. The van der Waals surface area contributed by atoms with E-state index in [0.717, 1.165) is 22.3 Å². The van der Waals surface area contributed by atoms with Crippen molar-refractivity contribution < 1.29 is 0 Å². The zero-order valence-corrected chi connectivity index (χ0v) is 13.2. The Kier molecular flexibility index (Phi) is 5.29. The molecule has 0 saturated heterocycles. The van der Waals surface area contributed by atoms with Crippen LogP contribution in [0.4, 0.5) is 0 Å². The molecule has 0 spiro atoms. The summed E-state index contributed by atoms with van der Waals surface area (Å²) in [5.74, 6) is 12.4. The molecule has 0 amide bonds. The van der Waals surface area contributed by atoms with E-state index in [1.807, 2.05) is 72.9 Å². The van der Waals surface area contributed by atoms with Crippen molar-refractivity contribution in [1.29, 1.82) is 0 Å². The van der Waals surface area contributed by atoms with E-state index in [4.69, 9.17) is 0 Å². The highest BCUT2D eigenvalue weighted by Gasteiger charge is 1.88. The fourth-order valence-electron chi connectivity index (χ4n) is 2.15. The summed E-state index contributed by atoms with van der Waals surface area (Å²) in [6, 6.07) is 16.3. The fraction of sp³-hybridized carbons (Fsp3) is 0. The molecule has 0 atom stereocenters. The summed E-state index contributed by atoms with van der Waals surface area (Å²) >= 11 is 0. The molecule has 0 N–H and O–H groups in total. The van der Waals surface area contributed by atoms with E-state index in [1.165, 1.54) is 0 Å². The second-order valence-corrected chi connectivity index (χ2v) is 5.22. The van der Waals surface area contributed by atoms with E-state index in [9.17, 15) is 0 Å². The Hall–Kier alpha value is -3.48. The van der Waals surface area contributed by atoms with Crippen molar-refractivity contribution in [2.45, 2.75) is 0 Å². The van der Waals surface area contributed by atoms with Crippen LogP contribution in [0.25, 0.3) is 12.2 Å². The minimum atomic E-state index is 1.01. The second-order valence-electron chi connectivity index (χ2n) is 5.22. The number of hydrogen-bond donors (Lipinski definition) is 0. The molecule has 0 fully saturated rings. The van der Waals surface area contributed by atoms with Gasteiger partial charge in [0, 0.05) is 11.1 Å². The van der Waals surface area contributed by atoms with Crippen LogP contribution in [0.15, 0.2) is 85.0 Å². The summed E-state index contributed by atoms with van der Waals surface area (Å²) in [5, 5.41) is 0. The maximum atomic E-state index is 3.13. The van der Waals surface area contributed by atoms with Crippen LogP contribution >= 0.6 is 0 Å². The van der Waals surface area contributed by atoms with Gasteiger partial charge in [0.1, 0.15) is 0 Å². The Bertz CT molecular complexity index is 842. The van der Waals surface area contributed by atoms with Gasteiger partial charge in [0.2, 0.25) is 0 Å². The molecule has 0 aromatic heterocycles. The highest BCUT2D eigenvalue weighted by Crippen LogP contribution is 2.07. The standard InChI is InChI=1S/C24H16/c1-2-6-10-22-17-19-24(20-18-22)12-8-4-3-7-11-23-15-13-21(9-5-1)14-16-23/h1-5,8-9,12-20H/b2-1-,4-3-,5-1?,8-4?,9-5-,12-8-. The van der Waals surface area contributed by atoms with Crippen LogP contribution in [-0.4, -0.2) is 0 Å². The van der Waals surface area contributed by atoms with Gasteiger partial charge < -0.3 is 0 Å². The molecule has 0 nitrogen and oxygen atoms in total. The largest absolute Gasteiger partial charge is 0.0696 e. The van der Waals surface area contributed by atoms with E-state index in [-0.39, 0.29) is 0 Å². The van der Waals surface area contributed by atoms with Gasteiger partial charge >= 0.3 is 0 Å².